The number of aliphatic hydroxyl groups excluding tert-OH is 1. The monoisotopic (exact) mass is 325 g/mol. The minimum absolute atomic E-state index is 0.145. The number of aromatic nitrogens is 2. The minimum Gasteiger partial charge on any atom is -0.392 e. The number of nitrogens with zero attached hydrogens (tertiary/aromatic N) is 2. The van der Waals surface area contributed by atoms with Crippen LogP contribution in [0.5, 0.6) is 0 Å². The van der Waals surface area contributed by atoms with Crippen molar-refractivity contribution in [3.63, 3.8) is 0 Å². The molecule has 0 radical (unpaired) electrons. The second-order valence-electron chi connectivity index (χ2n) is 4.91. The van der Waals surface area contributed by atoms with Gasteiger partial charge in [0.1, 0.15) is 0 Å². The number of aliphatic hydroxyl groups is 1. The summed E-state index contributed by atoms with van der Waals surface area (Å²) in [6, 6.07) is 11.5. The maximum atomic E-state index is 12.3. The lowest BCUT2D eigenvalue weighted by molar-refractivity contribution is -0.115. The Morgan fingerprint density at radius 3 is 2.83 bits per heavy atom. The highest BCUT2D eigenvalue weighted by atomic mass is 32.1. The van der Waals surface area contributed by atoms with Crippen molar-refractivity contribution >= 4 is 22.9 Å². The van der Waals surface area contributed by atoms with E-state index in [0.29, 0.717) is 11.3 Å². The van der Waals surface area contributed by atoms with Gasteiger partial charge in [-0.2, -0.15) is 0 Å². The van der Waals surface area contributed by atoms with E-state index in [1.165, 1.54) is 17.5 Å². The zero-order valence-electron chi connectivity index (χ0n) is 12.3. The second kappa shape index (κ2) is 7.13. The van der Waals surface area contributed by atoms with E-state index in [1.807, 2.05) is 30.3 Å². The topological polar surface area (TPSA) is 75.1 Å². The molecule has 0 saturated carbocycles. The van der Waals surface area contributed by atoms with E-state index in [0.717, 1.165) is 16.1 Å². The Bertz CT molecular complexity index is 802. The molecule has 2 heterocycles. The van der Waals surface area contributed by atoms with Gasteiger partial charge in [0, 0.05) is 22.2 Å². The van der Waals surface area contributed by atoms with E-state index < -0.39 is 0 Å². The third-order valence-corrected chi connectivity index (χ3v) is 4.20. The summed E-state index contributed by atoms with van der Waals surface area (Å²) in [5.41, 5.74) is 4.74. The average molecular weight is 325 g/mol. The molecule has 1 amide bonds. The summed E-state index contributed by atoms with van der Waals surface area (Å²) in [6.45, 7) is -0.145. The number of thiazole rings is 1. The predicted molar refractivity (Wildman–Crippen MR) is 90.0 cm³/mol. The van der Waals surface area contributed by atoms with Crippen molar-refractivity contribution < 1.29 is 9.90 Å². The molecule has 3 rings (SSSR count). The van der Waals surface area contributed by atoms with Gasteiger partial charge in [0.2, 0.25) is 5.91 Å². The quantitative estimate of drug-likeness (QED) is 0.756. The van der Waals surface area contributed by atoms with Crippen molar-refractivity contribution in [1.29, 1.82) is 0 Å². The van der Waals surface area contributed by atoms with Crippen LogP contribution in [0.25, 0.3) is 11.3 Å². The number of benzene rings is 1. The van der Waals surface area contributed by atoms with Gasteiger partial charge >= 0.3 is 0 Å². The van der Waals surface area contributed by atoms with Crippen LogP contribution >= 0.6 is 11.3 Å². The first-order chi connectivity index (χ1) is 11.3. The van der Waals surface area contributed by atoms with Crippen molar-refractivity contribution in [3.05, 3.63) is 64.7 Å². The summed E-state index contributed by atoms with van der Waals surface area (Å²) >= 11 is 1.46. The number of anilines is 1. The fourth-order valence-corrected chi connectivity index (χ4v) is 3.02. The van der Waals surface area contributed by atoms with Crippen LogP contribution in [0, 0.1) is 0 Å². The number of pyridine rings is 1. The first-order valence-electron chi connectivity index (χ1n) is 7.09. The molecule has 0 saturated heterocycles. The zero-order valence-corrected chi connectivity index (χ0v) is 13.1. The van der Waals surface area contributed by atoms with Crippen LogP contribution in [0.4, 0.5) is 5.69 Å². The average Bonchev–Trinajstić information content (AvgIpc) is 3.04. The lowest BCUT2D eigenvalue weighted by Crippen LogP contribution is -2.15. The summed E-state index contributed by atoms with van der Waals surface area (Å²) in [5.74, 6) is -0.158. The number of hydrogen-bond donors (Lipinski definition) is 2. The molecule has 1 aromatic carbocycles. The van der Waals surface area contributed by atoms with Gasteiger partial charge in [-0.1, -0.05) is 30.3 Å². The highest BCUT2D eigenvalue weighted by molar-refractivity contribution is 7.10. The van der Waals surface area contributed by atoms with Crippen LogP contribution in [-0.4, -0.2) is 21.0 Å². The van der Waals surface area contributed by atoms with Crippen LogP contribution < -0.4 is 5.32 Å². The molecule has 116 valence electrons. The number of amides is 1. The Hall–Kier alpha value is -2.57. The number of carbonyl (C=O) groups is 1. The van der Waals surface area contributed by atoms with E-state index >= 15 is 0 Å². The van der Waals surface area contributed by atoms with Gasteiger partial charge in [-0.05, 0) is 6.07 Å². The number of nitrogens with one attached hydrogen (secondary N) is 1. The highest BCUT2D eigenvalue weighted by Crippen LogP contribution is 2.26. The Labute approximate surface area is 137 Å². The maximum Gasteiger partial charge on any atom is 0.229 e. The molecule has 0 aliphatic carbocycles. The Morgan fingerprint density at radius 2 is 2.04 bits per heavy atom. The molecule has 0 spiro atoms. The molecular weight excluding hydrogens is 310 g/mol. The van der Waals surface area contributed by atoms with Gasteiger partial charge in [-0.25, -0.2) is 4.98 Å². The van der Waals surface area contributed by atoms with Gasteiger partial charge in [0.15, 0.2) is 0 Å². The number of rotatable bonds is 5. The molecule has 0 aliphatic rings. The van der Waals surface area contributed by atoms with Crippen molar-refractivity contribution in [2.75, 3.05) is 5.32 Å². The van der Waals surface area contributed by atoms with Gasteiger partial charge < -0.3 is 10.4 Å². The fourth-order valence-electron chi connectivity index (χ4n) is 2.24. The Kier molecular flexibility index (Phi) is 4.75. The second-order valence-corrected chi connectivity index (χ2v) is 5.85. The SMILES string of the molecule is O=C(Cc1scnc1-c1ccccc1)Nc1cnccc1CO. The van der Waals surface area contributed by atoms with Gasteiger partial charge in [0.05, 0.1) is 36.1 Å². The van der Waals surface area contributed by atoms with Crippen LogP contribution in [0.3, 0.4) is 0 Å². The van der Waals surface area contributed by atoms with E-state index in [9.17, 15) is 9.90 Å². The van der Waals surface area contributed by atoms with Gasteiger partial charge in [-0.3, -0.25) is 9.78 Å². The van der Waals surface area contributed by atoms with Crippen molar-refractivity contribution in [2.45, 2.75) is 13.0 Å². The lowest BCUT2D eigenvalue weighted by Gasteiger charge is -2.08. The van der Waals surface area contributed by atoms with E-state index in [2.05, 4.69) is 15.3 Å². The predicted octanol–water partition coefficient (Wildman–Crippen LogP) is 2.88. The molecule has 0 bridgehead atoms. The molecule has 0 unspecified atom stereocenters. The molecule has 2 N–H and O–H groups in total. The Balaban J connectivity index is 1.76. The fraction of sp³-hybridized carbons (Fsp3) is 0.118. The van der Waals surface area contributed by atoms with Crippen LogP contribution in [0.1, 0.15) is 10.4 Å². The van der Waals surface area contributed by atoms with Gasteiger partial charge in [-0.15, -0.1) is 11.3 Å². The largest absolute Gasteiger partial charge is 0.392 e. The van der Waals surface area contributed by atoms with E-state index in [1.54, 1.807) is 17.8 Å². The third-order valence-electron chi connectivity index (χ3n) is 3.37. The van der Waals surface area contributed by atoms with E-state index in [-0.39, 0.29) is 18.9 Å². The molecule has 0 fully saturated rings. The summed E-state index contributed by atoms with van der Waals surface area (Å²) in [4.78, 5) is 21.5. The van der Waals surface area contributed by atoms with E-state index in [4.69, 9.17) is 0 Å². The summed E-state index contributed by atoms with van der Waals surface area (Å²) in [5, 5.41) is 12.1. The molecule has 0 atom stereocenters. The smallest absolute Gasteiger partial charge is 0.229 e. The highest BCUT2D eigenvalue weighted by Gasteiger charge is 2.13. The standard InChI is InChI=1S/C17H15N3O2S/c21-10-13-6-7-18-9-14(13)20-16(22)8-15-17(19-11-23-15)12-4-2-1-3-5-12/h1-7,9,11,21H,8,10H2,(H,20,22). The zero-order chi connectivity index (χ0) is 16.1. The summed E-state index contributed by atoms with van der Waals surface area (Å²) in [6.07, 6.45) is 3.35. The summed E-state index contributed by atoms with van der Waals surface area (Å²) in [7, 11) is 0. The molecule has 23 heavy (non-hydrogen) atoms. The van der Waals surface area contributed by atoms with Crippen LogP contribution in [0.15, 0.2) is 54.3 Å². The van der Waals surface area contributed by atoms with Gasteiger partial charge in [0.25, 0.3) is 0 Å². The lowest BCUT2D eigenvalue weighted by atomic mass is 10.1. The Morgan fingerprint density at radius 1 is 1.22 bits per heavy atom. The summed E-state index contributed by atoms with van der Waals surface area (Å²) < 4.78 is 0. The van der Waals surface area contributed by atoms with Crippen molar-refractivity contribution in [1.82, 2.24) is 9.97 Å². The maximum absolute atomic E-state index is 12.3. The molecule has 5 nitrogen and oxygen atoms in total. The molecule has 3 aromatic rings. The van der Waals surface area contributed by atoms with Crippen molar-refractivity contribution in [3.8, 4) is 11.3 Å². The third kappa shape index (κ3) is 3.61. The van der Waals surface area contributed by atoms with Crippen LogP contribution in [-0.2, 0) is 17.8 Å². The normalized spacial score (nSPS) is 10.5. The first kappa shape index (κ1) is 15.3. The molecular formula is C17H15N3O2S. The number of hydrogen-bond acceptors (Lipinski definition) is 5. The van der Waals surface area contributed by atoms with Crippen LogP contribution in [0.2, 0.25) is 0 Å². The van der Waals surface area contributed by atoms with Crippen molar-refractivity contribution in [2.24, 2.45) is 0 Å². The first-order valence-corrected chi connectivity index (χ1v) is 7.97. The molecule has 2 aromatic heterocycles. The molecule has 0 aliphatic heterocycles. The molecule has 6 heteroatoms. The minimum atomic E-state index is -0.158. The number of carbonyl (C=O) groups excluding carboxylic acids is 1.